The average Bonchev–Trinajstić information content (AvgIpc) is 3.06. The number of nitrogens with one attached hydrogen (secondary N) is 1. The molecule has 3 rings (SSSR count). The van der Waals surface area contributed by atoms with E-state index in [0.29, 0.717) is 17.1 Å². The first-order valence-electron chi connectivity index (χ1n) is 9.12. The van der Waals surface area contributed by atoms with E-state index in [9.17, 15) is 14.4 Å². The van der Waals surface area contributed by atoms with Gasteiger partial charge < -0.3 is 10.1 Å². The van der Waals surface area contributed by atoms with Gasteiger partial charge >= 0.3 is 0 Å². The summed E-state index contributed by atoms with van der Waals surface area (Å²) < 4.78 is 5.11. The molecule has 2 aromatic rings. The van der Waals surface area contributed by atoms with Crippen molar-refractivity contribution in [2.45, 2.75) is 13.5 Å². The number of ether oxygens (including phenoxy) is 1. The molecule has 1 aliphatic rings. The fraction of sp³-hybridized carbons (Fsp3) is 0.227. The molecule has 2 amide bonds. The van der Waals surface area contributed by atoms with Crippen LogP contribution in [0.2, 0.25) is 0 Å². The van der Waals surface area contributed by atoms with Crippen molar-refractivity contribution < 1.29 is 19.1 Å². The zero-order chi connectivity index (χ0) is 20.8. The number of rotatable bonds is 7. The van der Waals surface area contributed by atoms with E-state index in [1.54, 1.807) is 19.2 Å². The van der Waals surface area contributed by atoms with Crippen molar-refractivity contribution in [2.24, 2.45) is 0 Å². The van der Waals surface area contributed by atoms with E-state index in [1.807, 2.05) is 43.3 Å². The second-order valence-electron chi connectivity index (χ2n) is 6.56. The summed E-state index contributed by atoms with van der Waals surface area (Å²) in [5.74, 6) is 0.319. The smallest absolute Gasteiger partial charge is 0.240 e. The van der Waals surface area contributed by atoms with Crippen LogP contribution in [-0.4, -0.2) is 41.9 Å². The minimum Gasteiger partial charge on any atom is -0.497 e. The number of ketones is 1. The Morgan fingerprint density at radius 3 is 2.59 bits per heavy atom. The third kappa shape index (κ3) is 5.26. The van der Waals surface area contributed by atoms with Gasteiger partial charge in [0.1, 0.15) is 12.3 Å². The molecule has 0 atom stereocenters. The summed E-state index contributed by atoms with van der Waals surface area (Å²) in [4.78, 5) is 38.5. The van der Waals surface area contributed by atoms with Crippen molar-refractivity contribution >= 4 is 29.4 Å². The van der Waals surface area contributed by atoms with Gasteiger partial charge in [-0.1, -0.05) is 48.2 Å². The van der Waals surface area contributed by atoms with Gasteiger partial charge in [0.25, 0.3) is 0 Å². The van der Waals surface area contributed by atoms with Crippen LogP contribution in [0.15, 0.2) is 59.6 Å². The lowest BCUT2D eigenvalue weighted by Gasteiger charge is -2.17. The number of nitrogens with zero attached hydrogens (tertiary/aromatic N) is 1. The summed E-state index contributed by atoms with van der Waals surface area (Å²) in [7, 11) is 1.59. The van der Waals surface area contributed by atoms with Crippen LogP contribution in [0, 0.1) is 6.92 Å². The molecule has 0 unspecified atom stereocenters. The van der Waals surface area contributed by atoms with Gasteiger partial charge in [0, 0.05) is 18.2 Å². The molecule has 0 radical (unpaired) electrons. The average molecular weight is 410 g/mol. The Morgan fingerprint density at radius 1 is 1.17 bits per heavy atom. The molecule has 1 N–H and O–H groups in total. The first kappa shape index (κ1) is 20.7. The third-order valence-corrected chi connectivity index (χ3v) is 5.55. The molecule has 150 valence electrons. The highest BCUT2D eigenvalue weighted by molar-refractivity contribution is 8.04. The molecule has 0 aromatic heterocycles. The van der Waals surface area contributed by atoms with Gasteiger partial charge in [-0.2, -0.15) is 0 Å². The van der Waals surface area contributed by atoms with Gasteiger partial charge in [0.05, 0.1) is 17.9 Å². The Hall–Kier alpha value is -3.06. The molecular weight excluding hydrogens is 388 g/mol. The van der Waals surface area contributed by atoms with Crippen LogP contribution in [0.25, 0.3) is 0 Å². The summed E-state index contributed by atoms with van der Waals surface area (Å²) in [5.41, 5.74) is 2.38. The van der Waals surface area contributed by atoms with Gasteiger partial charge in [0.15, 0.2) is 5.78 Å². The largest absolute Gasteiger partial charge is 0.497 e. The van der Waals surface area contributed by atoms with E-state index in [4.69, 9.17) is 4.74 Å². The molecule has 2 aromatic carbocycles. The quantitative estimate of drug-likeness (QED) is 0.561. The van der Waals surface area contributed by atoms with Crippen LogP contribution in [0.3, 0.4) is 0 Å². The van der Waals surface area contributed by atoms with E-state index in [2.05, 4.69) is 5.32 Å². The first-order valence-corrected chi connectivity index (χ1v) is 10.1. The molecule has 1 heterocycles. The van der Waals surface area contributed by atoms with E-state index in [-0.39, 0.29) is 29.9 Å². The fourth-order valence-electron chi connectivity index (χ4n) is 2.88. The second-order valence-corrected chi connectivity index (χ2v) is 7.55. The minimum absolute atomic E-state index is 0.116. The lowest BCUT2D eigenvalue weighted by Crippen LogP contribution is -2.37. The number of thioether (sulfide) groups is 1. The molecule has 0 spiro atoms. The third-order valence-electron chi connectivity index (χ3n) is 4.53. The number of benzene rings is 2. The molecule has 1 aliphatic heterocycles. The van der Waals surface area contributed by atoms with Crippen molar-refractivity contribution in [3.8, 4) is 5.75 Å². The van der Waals surface area contributed by atoms with Gasteiger partial charge in [-0.25, -0.2) is 0 Å². The lowest BCUT2D eigenvalue weighted by molar-refractivity contribution is -0.131. The predicted molar refractivity (Wildman–Crippen MR) is 113 cm³/mol. The molecule has 1 saturated heterocycles. The maximum atomic E-state index is 12.6. The number of methoxy groups -OCH3 is 1. The van der Waals surface area contributed by atoms with E-state index in [1.165, 1.54) is 22.7 Å². The minimum atomic E-state index is -0.286. The summed E-state index contributed by atoms with van der Waals surface area (Å²) in [6.45, 7) is 2.09. The second kappa shape index (κ2) is 9.43. The molecule has 0 bridgehead atoms. The van der Waals surface area contributed by atoms with Crippen LogP contribution >= 0.6 is 11.8 Å². The highest BCUT2D eigenvalue weighted by atomic mass is 32.2. The van der Waals surface area contributed by atoms with Crippen LogP contribution in [0.4, 0.5) is 0 Å². The predicted octanol–water partition coefficient (Wildman–Crippen LogP) is 2.92. The zero-order valence-corrected chi connectivity index (χ0v) is 17.1. The SMILES string of the molecule is COc1ccc(CNC(=O)CN2C(=O)CS/C2=C\C(=O)c2ccccc2C)cc1. The standard InChI is InChI=1S/C22H22N2O4S/c1-15-5-3-4-6-18(15)19(25)11-22-24(21(27)14-29-22)13-20(26)23-12-16-7-9-17(28-2)10-8-16/h3-11H,12-14H2,1-2H3,(H,23,26)/b22-11-. The van der Waals surface area contributed by atoms with Crippen molar-refractivity contribution in [3.63, 3.8) is 0 Å². The van der Waals surface area contributed by atoms with Crippen LogP contribution in [0.1, 0.15) is 21.5 Å². The Morgan fingerprint density at radius 2 is 1.90 bits per heavy atom. The zero-order valence-electron chi connectivity index (χ0n) is 16.3. The Balaban J connectivity index is 1.63. The monoisotopic (exact) mass is 410 g/mol. The van der Waals surface area contributed by atoms with Crippen molar-refractivity contribution in [2.75, 3.05) is 19.4 Å². The number of carbonyl (C=O) groups excluding carboxylic acids is 3. The number of amides is 2. The number of allylic oxidation sites excluding steroid dienone is 1. The summed E-state index contributed by atoms with van der Waals surface area (Å²) in [5, 5.41) is 3.31. The summed E-state index contributed by atoms with van der Waals surface area (Å²) in [6, 6.07) is 14.7. The highest BCUT2D eigenvalue weighted by Gasteiger charge is 2.29. The molecule has 6 nitrogen and oxygen atoms in total. The van der Waals surface area contributed by atoms with Crippen LogP contribution < -0.4 is 10.1 Å². The summed E-state index contributed by atoms with van der Waals surface area (Å²) in [6.07, 6.45) is 1.44. The van der Waals surface area contributed by atoms with Gasteiger partial charge in [-0.3, -0.25) is 19.3 Å². The molecule has 7 heteroatoms. The van der Waals surface area contributed by atoms with Crippen LogP contribution in [0.5, 0.6) is 5.75 Å². The van der Waals surface area contributed by atoms with E-state index < -0.39 is 0 Å². The molecule has 29 heavy (non-hydrogen) atoms. The van der Waals surface area contributed by atoms with Crippen molar-refractivity contribution in [3.05, 3.63) is 76.3 Å². The maximum absolute atomic E-state index is 12.6. The van der Waals surface area contributed by atoms with Gasteiger partial charge in [-0.15, -0.1) is 0 Å². The number of hydrogen-bond acceptors (Lipinski definition) is 5. The highest BCUT2D eigenvalue weighted by Crippen LogP contribution is 2.29. The van der Waals surface area contributed by atoms with Crippen LogP contribution in [-0.2, 0) is 16.1 Å². The molecule has 0 aliphatic carbocycles. The topological polar surface area (TPSA) is 75.7 Å². The number of aryl methyl sites for hydroxylation is 1. The van der Waals surface area contributed by atoms with Gasteiger partial charge in [0.2, 0.25) is 11.8 Å². The Bertz CT molecular complexity index is 954. The Kier molecular flexibility index (Phi) is 6.72. The van der Waals surface area contributed by atoms with Gasteiger partial charge in [-0.05, 0) is 30.2 Å². The Labute approximate surface area is 173 Å². The lowest BCUT2D eigenvalue weighted by atomic mass is 10.1. The maximum Gasteiger partial charge on any atom is 0.240 e. The molecular formula is C22H22N2O4S. The van der Waals surface area contributed by atoms with Crippen molar-refractivity contribution in [1.29, 1.82) is 0 Å². The normalized spacial score (nSPS) is 14.9. The number of carbonyl (C=O) groups is 3. The summed E-state index contributed by atoms with van der Waals surface area (Å²) >= 11 is 1.27. The number of hydrogen-bond donors (Lipinski definition) is 1. The van der Waals surface area contributed by atoms with E-state index >= 15 is 0 Å². The first-order chi connectivity index (χ1) is 14.0. The molecule has 0 saturated carbocycles. The van der Waals surface area contributed by atoms with E-state index in [0.717, 1.165) is 16.9 Å². The molecule has 1 fully saturated rings. The van der Waals surface area contributed by atoms with Crippen molar-refractivity contribution in [1.82, 2.24) is 10.2 Å². The fourth-order valence-corrected chi connectivity index (χ4v) is 3.82.